The van der Waals surface area contributed by atoms with Crippen LogP contribution in [0.3, 0.4) is 0 Å². The van der Waals surface area contributed by atoms with Crippen LogP contribution < -0.4 is 0 Å². The maximum atomic E-state index is 12.2. The van der Waals surface area contributed by atoms with Gasteiger partial charge in [-0.15, -0.1) is 0 Å². The zero-order valence-corrected chi connectivity index (χ0v) is 11.2. The third-order valence-corrected chi connectivity index (χ3v) is 4.55. The molecule has 1 unspecified atom stereocenters. The summed E-state index contributed by atoms with van der Waals surface area (Å²) >= 11 is 0. The summed E-state index contributed by atoms with van der Waals surface area (Å²) in [5.41, 5.74) is 0.231. The summed E-state index contributed by atoms with van der Waals surface area (Å²) in [6.45, 7) is 4.23. The first-order valence-electron chi connectivity index (χ1n) is 6.50. The molecule has 3 atom stereocenters. The fourth-order valence-corrected chi connectivity index (χ4v) is 2.50. The molecular weight excluding hydrogens is 234 g/mol. The number of amides is 1. The number of carbonyl (C=O) groups excluding carboxylic acids is 1. The second kappa shape index (κ2) is 4.53. The molecule has 18 heavy (non-hydrogen) atoms. The maximum absolute atomic E-state index is 12.2. The molecule has 0 bridgehead atoms. The fourth-order valence-electron chi connectivity index (χ4n) is 2.50. The minimum atomic E-state index is -0.977. The molecule has 0 aromatic rings. The first-order valence-corrected chi connectivity index (χ1v) is 6.50. The van der Waals surface area contributed by atoms with E-state index >= 15 is 0 Å². The van der Waals surface area contributed by atoms with Crippen LogP contribution in [-0.4, -0.2) is 47.2 Å². The summed E-state index contributed by atoms with van der Waals surface area (Å²) in [7, 11) is 1.79. The Labute approximate surface area is 107 Å². The summed E-state index contributed by atoms with van der Waals surface area (Å²) in [5.74, 6) is -1.06. The molecule has 2 rings (SSSR count). The number of aliphatic carboxylic acids is 1. The van der Waals surface area contributed by atoms with E-state index in [1.165, 1.54) is 0 Å². The van der Waals surface area contributed by atoms with Crippen LogP contribution in [0.25, 0.3) is 0 Å². The molecule has 0 aromatic carbocycles. The quantitative estimate of drug-likeness (QED) is 0.821. The van der Waals surface area contributed by atoms with Crippen LogP contribution in [0.4, 0.5) is 0 Å². The number of carboxylic acid groups (broad SMARTS) is 1. The number of rotatable bonds is 4. The van der Waals surface area contributed by atoms with Crippen molar-refractivity contribution in [3.05, 3.63) is 0 Å². The van der Waals surface area contributed by atoms with Crippen LogP contribution in [-0.2, 0) is 14.3 Å². The molecule has 0 radical (unpaired) electrons. The monoisotopic (exact) mass is 255 g/mol. The third-order valence-electron chi connectivity index (χ3n) is 4.55. The van der Waals surface area contributed by atoms with Gasteiger partial charge in [0.2, 0.25) is 0 Å². The second-order valence-electron chi connectivity index (χ2n) is 5.81. The molecule has 2 aliphatic rings. The Balaban J connectivity index is 1.93. The van der Waals surface area contributed by atoms with Crippen LogP contribution in [0.2, 0.25) is 0 Å². The summed E-state index contributed by atoms with van der Waals surface area (Å²) in [6.07, 6.45) is 1.82. The highest BCUT2D eigenvalue weighted by Crippen LogP contribution is 2.49. The SMILES string of the molecule is CC(N(C)C(=O)[C@@H]1CC[C@H](C(=O)O)O1)C1(C)CC1. The zero-order valence-electron chi connectivity index (χ0n) is 11.2. The van der Waals surface area contributed by atoms with E-state index in [0.717, 1.165) is 12.8 Å². The van der Waals surface area contributed by atoms with Crippen LogP contribution in [0.15, 0.2) is 0 Å². The van der Waals surface area contributed by atoms with E-state index in [-0.39, 0.29) is 17.4 Å². The van der Waals surface area contributed by atoms with Gasteiger partial charge in [0.05, 0.1) is 0 Å². The Bertz CT molecular complexity index is 364. The lowest BCUT2D eigenvalue weighted by atomic mass is 9.99. The van der Waals surface area contributed by atoms with Crippen molar-refractivity contribution in [2.24, 2.45) is 5.41 Å². The highest BCUT2D eigenvalue weighted by atomic mass is 16.5. The molecule has 1 heterocycles. The van der Waals surface area contributed by atoms with Crippen molar-refractivity contribution in [2.45, 2.75) is 57.8 Å². The van der Waals surface area contributed by atoms with Crippen LogP contribution in [0.5, 0.6) is 0 Å². The van der Waals surface area contributed by atoms with Gasteiger partial charge in [-0.3, -0.25) is 4.79 Å². The molecule has 5 nitrogen and oxygen atoms in total. The average Bonchev–Trinajstić information content (AvgIpc) is 2.91. The molecule has 0 spiro atoms. The first-order chi connectivity index (χ1) is 8.35. The van der Waals surface area contributed by atoms with E-state index in [2.05, 4.69) is 13.8 Å². The van der Waals surface area contributed by atoms with Crippen molar-refractivity contribution >= 4 is 11.9 Å². The van der Waals surface area contributed by atoms with Gasteiger partial charge in [0, 0.05) is 13.1 Å². The molecule has 1 amide bonds. The number of likely N-dealkylation sites (N-methyl/N-ethyl adjacent to an activating group) is 1. The molecule has 1 aliphatic carbocycles. The highest BCUT2D eigenvalue weighted by molar-refractivity contribution is 5.82. The van der Waals surface area contributed by atoms with Crippen molar-refractivity contribution in [2.75, 3.05) is 7.05 Å². The van der Waals surface area contributed by atoms with Crippen molar-refractivity contribution in [3.63, 3.8) is 0 Å². The number of carboxylic acids is 1. The molecule has 1 N–H and O–H groups in total. The maximum Gasteiger partial charge on any atom is 0.332 e. The summed E-state index contributed by atoms with van der Waals surface area (Å²) in [5, 5.41) is 8.85. The lowest BCUT2D eigenvalue weighted by Gasteiger charge is -2.31. The molecular formula is C13H21NO4. The van der Waals surface area contributed by atoms with Crippen molar-refractivity contribution in [1.82, 2.24) is 4.90 Å². The number of hydrogen-bond donors (Lipinski definition) is 1. The standard InChI is InChI=1S/C13H21NO4/c1-8(13(2)6-7-13)14(3)11(15)9-4-5-10(18-9)12(16)17/h8-10H,4-7H2,1-3H3,(H,16,17)/t8?,9-,10+/m0/s1. The van der Waals surface area contributed by atoms with Gasteiger partial charge in [-0.25, -0.2) is 4.79 Å². The minimum Gasteiger partial charge on any atom is -0.479 e. The van der Waals surface area contributed by atoms with Crippen molar-refractivity contribution in [3.8, 4) is 0 Å². The van der Waals surface area contributed by atoms with Crippen molar-refractivity contribution in [1.29, 1.82) is 0 Å². The third kappa shape index (κ3) is 2.36. The Morgan fingerprint density at radius 2 is 1.89 bits per heavy atom. The van der Waals surface area contributed by atoms with E-state index in [1.54, 1.807) is 11.9 Å². The predicted octanol–water partition coefficient (Wildman–Crippen LogP) is 1.27. The Hall–Kier alpha value is -1.10. The van der Waals surface area contributed by atoms with Gasteiger partial charge in [0.25, 0.3) is 5.91 Å². The van der Waals surface area contributed by atoms with E-state index in [0.29, 0.717) is 12.8 Å². The van der Waals surface area contributed by atoms with Gasteiger partial charge >= 0.3 is 5.97 Å². The molecule has 5 heteroatoms. The minimum absolute atomic E-state index is 0.0839. The molecule has 1 saturated heterocycles. The fraction of sp³-hybridized carbons (Fsp3) is 0.846. The van der Waals surface area contributed by atoms with Crippen molar-refractivity contribution < 1.29 is 19.4 Å². The Morgan fingerprint density at radius 3 is 2.33 bits per heavy atom. The van der Waals surface area contributed by atoms with E-state index in [4.69, 9.17) is 9.84 Å². The zero-order chi connectivity index (χ0) is 13.5. The smallest absolute Gasteiger partial charge is 0.332 e. The molecule has 0 aromatic heterocycles. The summed E-state index contributed by atoms with van der Waals surface area (Å²) < 4.78 is 5.30. The number of ether oxygens (including phenoxy) is 1. The molecule has 1 saturated carbocycles. The highest BCUT2D eigenvalue weighted by Gasteiger charge is 2.47. The van der Waals surface area contributed by atoms with Gasteiger partial charge in [-0.2, -0.15) is 0 Å². The molecule has 102 valence electrons. The lowest BCUT2D eigenvalue weighted by Crippen LogP contribution is -2.45. The van der Waals surface area contributed by atoms with Gasteiger partial charge in [-0.1, -0.05) is 6.92 Å². The summed E-state index contributed by atoms with van der Waals surface area (Å²) in [4.78, 5) is 24.8. The van der Waals surface area contributed by atoms with Crippen LogP contribution in [0.1, 0.15) is 39.5 Å². The number of carbonyl (C=O) groups is 2. The Morgan fingerprint density at radius 1 is 1.33 bits per heavy atom. The lowest BCUT2D eigenvalue weighted by molar-refractivity contribution is -0.155. The largest absolute Gasteiger partial charge is 0.479 e. The second-order valence-corrected chi connectivity index (χ2v) is 5.81. The molecule has 1 aliphatic heterocycles. The topological polar surface area (TPSA) is 66.8 Å². The predicted molar refractivity (Wildman–Crippen MR) is 65.1 cm³/mol. The van der Waals surface area contributed by atoms with Gasteiger partial charge < -0.3 is 14.7 Å². The first kappa shape index (κ1) is 13.3. The van der Waals surface area contributed by atoms with E-state index in [9.17, 15) is 9.59 Å². The summed E-state index contributed by atoms with van der Waals surface area (Å²) in [6, 6.07) is 0.178. The van der Waals surface area contributed by atoms with Crippen LogP contribution >= 0.6 is 0 Å². The van der Waals surface area contributed by atoms with Gasteiger partial charge in [-0.05, 0) is 38.0 Å². The Kier molecular flexibility index (Phi) is 3.36. The van der Waals surface area contributed by atoms with Crippen LogP contribution in [0, 0.1) is 5.41 Å². The van der Waals surface area contributed by atoms with Gasteiger partial charge in [0.15, 0.2) is 6.10 Å². The van der Waals surface area contributed by atoms with E-state index in [1.807, 2.05) is 0 Å². The normalized spacial score (nSPS) is 30.8. The number of nitrogens with zero attached hydrogens (tertiary/aromatic N) is 1. The number of hydrogen-bond acceptors (Lipinski definition) is 3. The van der Waals surface area contributed by atoms with E-state index < -0.39 is 18.2 Å². The molecule has 2 fully saturated rings. The average molecular weight is 255 g/mol. The van der Waals surface area contributed by atoms with Gasteiger partial charge in [0.1, 0.15) is 6.10 Å².